The molecule has 0 amide bonds. The SMILES string of the molecule is CCC(CC)n1ccc(CNC2CCCC(SC)C2)n1. The highest BCUT2D eigenvalue weighted by Gasteiger charge is 2.20. The third kappa shape index (κ3) is 4.26. The molecule has 114 valence electrons. The van der Waals surface area contributed by atoms with Crippen LogP contribution >= 0.6 is 11.8 Å². The topological polar surface area (TPSA) is 29.9 Å². The standard InChI is InChI=1S/C16H29N3S/c1-4-15(5-2)19-10-9-14(18-19)12-17-13-7-6-8-16(11-13)20-3/h9-10,13,15-17H,4-8,11-12H2,1-3H3. The summed E-state index contributed by atoms with van der Waals surface area (Å²) in [5.74, 6) is 0. The smallest absolute Gasteiger partial charge is 0.0762 e. The summed E-state index contributed by atoms with van der Waals surface area (Å²) in [5, 5.41) is 9.28. The Morgan fingerprint density at radius 3 is 2.90 bits per heavy atom. The van der Waals surface area contributed by atoms with Crippen molar-refractivity contribution in [1.29, 1.82) is 0 Å². The average Bonchev–Trinajstić information content (AvgIpc) is 2.95. The fraction of sp³-hybridized carbons (Fsp3) is 0.812. The van der Waals surface area contributed by atoms with Crippen molar-refractivity contribution in [2.24, 2.45) is 0 Å². The summed E-state index contributed by atoms with van der Waals surface area (Å²) in [6.45, 7) is 5.38. The van der Waals surface area contributed by atoms with Gasteiger partial charge in [-0.1, -0.05) is 20.3 Å². The second-order valence-electron chi connectivity index (χ2n) is 5.86. The summed E-state index contributed by atoms with van der Waals surface area (Å²) < 4.78 is 2.14. The predicted molar refractivity (Wildman–Crippen MR) is 88.2 cm³/mol. The molecule has 0 aromatic carbocycles. The molecule has 1 aliphatic carbocycles. The first-order chi connectivity index (χ1) is 9.76. The Hall–Kier alpha value is -0.480. The first kappa shape index (κ1) is 15.9. The molecule has 2 rings (SSSR count). The molecule has 2 atom stereocenters. The van der Waals surface area contributed by atoms with Crippen LogP contribution in [0.2, 0.25) is 0 Å². The minimum atomic E-state index is 0.555. The maximum absolute atomic E-state index is 4.72. The van der Waals surface area contributed by atoms with Crippen LogP contribution < -0.4 is 5.32 Å². The van der Waals surface area contributed by atoms with Crippen LogP contribution in [0.15, 0.2) is 12.3 Å². The van der Waals surface area contributed by atoms with Gasteiger partial charge in [0, 0.05) is 24.0 Å². The van der Waals surface area contributed by atoms with Gasteiger partial charge in [-0.25, -0.2) is 0 Å². The molecule has 0 spiro atoms. The predicted octanol–water partition coefficient (Wildman–Crippen LogP) is 4.01. The molecular weight excluding hydrogens is 266 g/mol. The van der Waals surface area contributed by atoms with Crippen LogP contribution in [0, 0.1) is 0 Å². The molecule has 1 fully saturated rings. The summed E-state index contributed by atoms with van der Waals surface area (Å²) in [6.07, 6.45) is 12.1. The van der Waals surface area contributed by atoms with Crippen molar-refractivity contribution in [3.05, 3.63) is 18.0 Å². The number of nitrogens with one attached hydrogen (secondary N) is 1. The van der Waals surface area contributed by atoms with Crippen LogP contribution in [-0.4, -0.2) is 27.3 Å². The van der Waals surface area contributed by atoms with Crippen molar-refractivity contribution in [3.8, 4) is 0 Å². The van der Waals surface area contributed by atoms with E-state index in [1.165, 1.54) is 31.4 Å². The average molecular weight is 295 g/mol. The lowest BCUT2D eigenvalue weighted by molar-refractivity contribution is 0.375. The van der Waals surface area contributed by atoms with Crippen LogP contribution in [0.25, 0.3) is 0 Å². The Labute approximate surface area is 127 Å². The number of nitrogens with zero attached hydrogens (tertiary/aromatic N) is 2. The van der Waals surface area contributed by atoms with Crippen LogP contribution in [-0.2, 0) is 6.54 Å². The summed E-state index contributed by atoms with van der Waals surface area (Å²) in [5.41, 5.74) is 1.18. The first-order valence-corrected chi connectivity index (χ1v) is 9.35. The molecule has 0 saturated heterocycles. The molecule has 2 unspecified atom stereocenters. The minimum absolute atomic E-state index is 0.555. The number of hydrogen-bond acceptors (Lipinski definition) is 3. The zero-order valence-corrected chi connectivity index (χ0v) is 14.0. The summed E-state index contributed by atoms with van der Waals surface area (Å²) in [6, 6.07) is 3.40. The fourth-order valence-electron chi connectivity index (χ4n) is 3.13. The maximum atomic E-state index is 4.72. The van der Waals surface area contributed by atoms with E-state index in [4.69, 9.17) is 5.10 Å². The summed E-state index contributed by atoms with van der Waals surface area (Å²) in [7, 11) is 0. The first-order valence-electron chi connectivity index (χ1n) is 8.07. The zero-order chi connectivity index (χ0) is 14.4. The van der Waals surface area contributed by atoms with Gasteiger partial charge in [-0.05, 0) is 44.4 Å². The molecule has 1 aliphatic rings. The molecule has 0 radical (unpaired) electrons. The Morgan fingerprint density at radius 1 is 1.40 bits per heavy atom. The number of rotatable bonds is 7. The third-order valence-electron chi connectivity index (χ3n) is 4.51. The molecule has 1 aromatic rings. The van der Waals surface area contributed by atoms with Crippen LogP contribution in [0.4, 0.5) is 0 Å². The van der Waals surface area contributed by atoms with Gasteiger partial charge in [-0.15, -0.1) is 0 Å². The van der Waals surface area contributed by atoms with Crippen molar-refractivity contribution >= 4 is 11.8 Å². The van der Waals surface area contributed by atoms with Gasteiger partial charge in [0.2, 0.25) is 0 Å². The molecule has 20 heavy (non-hydrogen) atoms. The minimum Gasteiger partial charge on any atom is -0.308 e. The van der Waals surface area contributed by atoms with Gasteiger partial charge in [0.1, 0.15) is 0 Å². The molecule has 1 aromatic heterocycles. The second-order valence-corrected chi connectivity index (χ2v) is 7.00. The number of aromatic nitrogens is 2. The van der Waals surface area contributed by atoms with Gasteiger partial charge in [0.15, 0.2) is 0 Å². The molecular formula is C16H29N3S. The van der Waals surface area contributed by atoms with Gasteiger partial charge >= 0.3 is 0 Å². The highest BCUT2D eigenvalue weighted by molar-refractivity contribution is 7.99. The zero-order valence-electron chi connectivity index (χ0n) is 13.1. The molecule has 0 bridgehead atoms. The molecule has 1 N–H and O–H groups in total. The monoisotopic (exact) mass is 295 g/mol. The van der Waals surface area contributed by atoms with Gasteiger partial charge in [-0.2, -0.15) is 16.9 Å². The Morgan fingerprint density at radius 2 is 2.20 bits per heavy atom. The van der Waals surface area contributed by atoms with Gasteiger partial charge < -0.3 is 5.32 Å². The highest BCUT2D eigenvalue weighted by Crippen LogP contribution is 2.27. The van der Waals surface area contributed by atoms with Gasteiger partial charge in [0.25, 0.3) is 0 Å². The van der Waals surface area contributed by atoms with E-state index >= 15 is 0 Å². The largest absolute Gasteiger partial charge is 0.308 e. The van der Waals surface area contributed by atoms with E-state index in [1.807, 2.05) is 11.8 Å². The van der Waals surface area contributed by atoms with E-state index < -0.39 is 0 Å². The maximum Gasteiger partial charge on any atom is 0.0762 e. The molecule has 1 saturated carbocycles. The van der Waals surface area contributed by atoms with E-state index in [0.717, 1.165) is 24.6 Å². The Bertz CT molecular complexity index is 387. The van der Waals surface area contributed by atoms with E-state index in [9.17, 15) is 0 Å². The van der Waals surface area contributed by atoms with Gasteiger partial charge in [-0.3, -0.25) is 4.68 Å². The van der Waals surface area contributed by atoms with E-state index in [1.54, 1.807) is 0 Å². The van der Waals surface area contributed by atoms with E-state index in [2.05, 4.69) is 42.4 Å². The number of thioether (sulfide) groups is 1. The Kier molecular flexibility index (Phi) is 6.43. The van der Waals surface area contributed by atoms with E-state index in [0.29, 0.717) is 12.1 Å². The molecule has 1 heterocycles. The molecule has 4 heteroatoms. The van der Waals surface area contributed by atoms with Crippen LogP contribution in [0.5, 0.6) is 0 Å². The Balaban J connectivity index is 1.82. The molecule has 3 nitrogen and oxygen atoms in total. The molecule has 0 aliphatic heterocycles. The van der Waals surface area contributed by atoms with Crippen molar-refractivity contribution in [2.75, 3.05) is 6.26 Å². The van der Waals surface area contributed by atoms with Gasteiger partial charge in [0.05, 0.1) is 11.7 Å². The van der Waals surface area contributed by atoms with Crippen molar-refractivity contribution in [3.63, 3.8) is 0 Å². The lowest BCUT2D eigenvalue weighted by atomic mass is 9.95. The number of hydrogen-bond donors (Lipinski definition) is 1. The summed E-state index contributed by atoms with van der Waals surface area (Å²) in [4.78, 5) is 0. The van der Waals surface area contributed by atoms with Crippen LogP contribution in [0.3, 0.4) is 0 Å². The second kappa shape index (κ2) is 8.08. The van der Waals surface area contributed by atoms with Crippen molar-refractivity contribution in [2.45, 2.75) is 76.3 Å². The van der Waals surface area contributed by atoms with E-state index in [-0.39, 0.29) is 0 Å². The normalized spacial score (nSPS) is 23.4. The van der Waals surface area contributed by atoms with Crippen molar-refractivity contribution < 1.29 is 0 Å². The van der Waals surface area contributed by atoms with Crippen molar-refractivity contribution in [1.82, 2.24) is 15.1 Å². The lowest BCUT2D eigenvalue weighted by Crippen LogP contribution is -2.34. The lowest BCUT2D eigenvalue weighted by Gasteiger charge is -2.28. The van der Waals surface area contributed by atoms with Crippen LogP contribution in [0.1, 0.15) is 64.1 Å². The quantitative estimate of drug-likeness (QED) is 0.824. The summed E-state index contributed by atoms with van der Waals surface area (Å²) >= 11 is 2.03. The third-order valence-corrected chi connectivity index (χ3v) is 5.61. The highest BCUT2D eigenvalue weighted by atomic mass is 32.2. The fourth-order valence-corrected chi connectivity index (χ4v) is 3.96.